The number of nitrogens with zero attached hydrogens (tertiary/aromatic N) is 1. The van der Waals surface area contributed by atoms with Crippen molar-refractivity contribution in [3.05, 3.63) is 0 Å². The molecule has 2 aliphatic heterocycles. The molecule has 2 atom stereocenters. The lowest BCUT2D eigenvalue weighted by Crippen LogP contribution is -2.53. The Morgan fingerprint density at radius 2 is 2.19 bits per heavy atom. The minimum Gasteiger partial charge on any atom is -0.479 e. The molecule has 2 rings (SSSR count). The van der Waals surface area contributed by atoms with Crippen molar-refractivity contribution in [3.8, 4) is 0 Å². The molecule has 2 N–H and O–H groups in total. The number of hydrogen-bond acceptors (Lipinski definition) is 3. The van der Waals surface area contributed by atoms with Crippen molar-refractivity contribution in [2.24, 2.45) is 5.92 Å². The van der Waals surface area contributed by atoms with Crippen molar-refractivity contribution in [1.29, 1.82) is 0 Å². The molecule has 5 heteroatoms. The zero-order valence-electron chi connectivity index (χ0n) is 13.1. The number of hydrogen-bond donors (Lipinski definition) is 2. The summed E-state index contributed by atoms with van der Waals surface area (Å²) in [6.45, 7) is 4.66. The van der Waals surface area contributed by atoms with Crippen LogP contribution in [0.15, 0.2) is 0 Å². The molecule has 0 aromatic carbocycles. The zero-order chi connectivity index (χ0) is 15.3. The first-order valence-corrected chi connectivity index (χ1v) is 8.34. The van der Waals surface area contributed by atoms with Crippen molar-refractivity contribution in [1.82, 2.24) is 10.2 Å². The predicted octanol–water partition coefficient (Wildman–Crippen LogP) is 2.01. The van der Waals surface area contributed by atoms with Crippen molar-refractivity contribution in [2.75, 3.05) is 19.6 Å². The van der Waals surface area contributed by atoms with Gasteiger partial charge in [-0.25, -0.2) is 4.79 Å². The largest absolute Gasteiger partial charge is 0.479 e. The normalized spacial score (nSPS) is 29.6. The standard InChI is InChI=1S/C16H28N2O3/c1-2-8-16(15(20)21)9-4-11-18(16)14(19)7-6-13-5-3-10-17-12-13/h13,17H,2-12H2,1H3,(H,20,21). The summed E-state index contributed by atoms with van der Waals surface area (Å²) in [5.41, 5.74) is -0.934. The Morgan fingerprint density at radius 3 is 2.81 bits per heavy atom. The van der Waals surface area contributed by atoms with Gasteiger partial charge in [-0.1, -0.05) is 13.3 Å². The smallest absolute Gasteiger partial charge is 0.329 e. The van der Waals surface area contributed by atoms with Gasteiger partial charge < -0.3 is 15.3 Å². The van der Waals surface area contributed by atoms with E-state index < -0.39 is 11.5 Å². The maximum atomic E-state index is 12.5. The summed E-state index contributed by atoms with van der Waals surface area (Å²) >= 11 is 0. The summed E-state index contributed by atoms with van der Waals surface area (Å²) < 4.78 is 0. The van der Waals surface area contributed by atoms with Crippen LogP contribution in [-0.2, 0) is 9.59 Å². The average molecular weight is 296 g/mol. The highest BCUT2D eigenvalue weighted by atomic mass is 16.4. The van der Waals surface area contributed by atoms with Gasteiger partial charge in [-0.2, -0.15) is 0 Å². The lowest BCUT2D eigenvalue weighted by Gasteiger charge is -2.35. The Hall–Kier alpha value is -1.10. The molecule has 2 unspecified atom stereocenters. The summed E-state index contributed by atoms with van der Waals surface area (Å²) in [4.78, 5) is 25.9. The topological polar surface area (TPSA) is 69.6 Å². The number of carbonyl (C=O) groups excluding carboxylic acids is 1. The molecule has 2 fully saturated rings. The molecule has 0 saturated carbocycles. The highest BCUT2D eigenvalue weighted by Gasteiger charge is 2.48. The third kappa shape index (κ3) is 3.57. The Labute approximate surface area is 127 Å². The van der Waals surface area contributed by atoms with Crippen LogP contribution < -0.4 is 5.32 Å². The molecular formula is C16H28N2O3. The first-order chi connectivity index (χ1) is 10.1. The first kappa shape index (κ1) is 16.3. The van der Waals surface area contributed by atoms with Gasteiger partial charge in [0.05, 0.1) is 0 Å². The van der Waals surface area contributed by atoms with Crippen LogP contribution in [0.3, 0.4) is 0 Å². The number of rotatable bonds is 6. The molecule has 2 heterocycles. The second-order valence-corrected chi connectivity index (χ2v) is 6.49. The molecule has 2 saturated heterocycles. The molecule has 5 nitrogen and oxygen atoms in total. The predicted molar refractivity (Wildman–Crippen MR) is 81.0 cm³/mol. The molecule has 0 radical (unpaired) electrons. The minimum absolute atomic E-state index is 0.0360. The molecule has 120 valence electrons. The van der Waals surface area contributed by atoms with E-state index in [-0.39, 0.29) is 5.91 Å². The van der Waals surface area contributed by atoms with Crippen LogP contribution in [0.2, 0.25) is 0 Å². The van der Waals surface area contributed by atoms with E-state index in [9.17, 15) is 14.7 Å². The number of nitrogens with one attached hydrogen (secondary N) is 1. The van der Waals surface area contributed by atoms with Gasteiger partial charge in [0.15, 0.2) is 0 Å². The highest BCUT2D eigenvalue weighted by molar-refractivity contribution is 5.87. The second-order valence-electron chi connectivity index (χ2n) is 6.49. The molecule has 0 aliphatic carbocycles. The number of aliphatic carboxylic acids is 1. The fourth-order valence-electron chi connectivity index (χ4n) is 3.88. The lowest BCUT2D eigenvalue weighted by molar-refractivity contribution is -0.157. The van der Waals surface area contributed by atoms with E-state index in [1.165, 1.54) is 12.8 Å². The van der Waals surface area contributed by atoms with Crippen molar-refractivity contribution < 1.29 is 14.7 Å². The fourth-order valence-corrected chi connectivity index (χ4v) is 3.88. The van der Waals surface area contributed by atoms with Crippen LogP contribution in [0.1, 0.15) is 58.3 Å². The average Bonchev–Trinajstić information content (AvgIpc) is 2.91. The number of carboxylic acids is 1. The number of carbonyl (C=O) groups is 2. The third-order valence-corrected chi connectivity index (χ3v) is 5.02. The van der Waals surface area contributed by atoms with Crippen LogP contribution in [0, 0.1) is 5.92 Å². The molecule has 0 bridgehead atoms. The van der Waals surface area contributed by atoms with E-state index in [2.05, 4.69) is 5.32 Å². The van der Waals surface area contributed by atoms with E-state index in [1.54, 1.807) is 4.90 Å². The van der Waals surface area contributed by atoms with Crippen LogP contribution in [0.25, 0.3) is 0 Å². The summed E-state index contributed by atoms with van der Waals surface area (Å²) in [7, 11) is 0. The summed E-state index contributed by atoms with van der Waals surface area (Å²) in [6.07, 6.45) is 6.50. The SMILES string of the molecule is CCCC1(C(=O)O)CCCN1C(=O)CCC1CCCNC1. The van der Waals surface area contributed by atoms with Crippen molar-refractivity contribution in [2.45, 2.75) is 63.8 Å². The van der Waals surface area contributed by atoms with Gasteiger partial charge >= 0.3 is 5.97 Å². The van der Waals surface area contributed by atoms with Crippen LogP contribution in [0.4, 0.5) is 0 Å². The van der Waals surface area contributed by atoms with E-state index in [4.69, 9.17) is 0 Å². The van der Waals surface area contributed by atoms with Gasteiger partial charge in [0, 0.05) is 13.0 Å². The molecule has 2 aliphatic rings. The van der Waals surface area contributed by atoms with E-state index in [0.717, 1.165) is 32.4 Å². The van der Waals surface area contributed by atoms with E-state index in [1.807, 2.05) is 6.92 Å². The van der Waals surface area contributed by atoms with Crippen LogP contribution in [-0.4, -0.2) is 47.1 Å². The van der Waals surface area contributed by atoms with Gasteiger partial charge in [-0.05, 0) is 57.5 Å². The van der Waals surface area contributed by atoms with Crippen molar-refractivity contribution >= 4 is 11.9 Å². The van der Waals surface area contributed by atoms with Gasteiger partial charge in [0.2, 0.25) is 5.91 Å². The van der Waals surface area contributed by atoms with Gasteiger partial charge in [-0.3, -0.25) is 4.79 Å². The quantitative estimate of drug-likeness (QED) is 0.786. The molecule has 0 aromatic rings. The molecule has 0 spiro atoms. The zero-order valence-corrected chi connectivity index (χ0v) is 13.1. The Kier molecular flexibility index (Phi) is 5.62. The number of amides is 1. The van der Waals surface area contributed by atoms with E-state index >= 15 is 0 Å². The third-order valence-electron chi connectivity index (χ3n) is 5.02. The molecule has 21 heavy (non-hydrogen) atoms. The van der Waals surface area contributed by atoms with Crippen molar-refractivity contribution in [3.63, 3.8) is 0 Å². The maximum Gasteiger partial charge on any atom is 0.329 e. The first-order valence-electron chi connectivity index (χ1n) is 8.34. The summed E-state index contributed by atoms with van der Waals surface area (Å²) in [6, 6.07) is 0. The molecule has 0 aromatic heterocycles. The lowest BCUT2D eigenvalue weighted by atomic mass is 9.89. The minimum atomic E-state index is -0.934. The Bertz CT molecular complexity index is 380. The second kappa shape index (κ2) is 7.25. The number of piperidine rings is 1. The van der Waals surface area contributed by atoms with E-state index in [0.29, 0.717) is 31.7 Å². The summed E-state index contributed by atoms with van der Waals surface area (Å²) in [5.74, 6) is -0.223. The number of carboxylic acid groups (broad SMARTS) is 1. The monoisotopic (exact) mass is 296 g/mol. The molecule has 1 amide bonds. The summed E-state index contributed by atoms with van der Waals surface area (Å²) in [5, 5.41) is 13.0. The Balaban J connectivity index is 1.94. The van der Waals surface area contributed by atoms with Gasteiger partial charge in [-0.15, -0.1) is 0 Å². The van der Waals surface area contributed by atoms with Gasteiger partial charge in [0.25, 0.3) is 0 Å². The van der Waals surface area contributed by atoms with Crippen LogP contribution in [0.5, 0.6) is 0 Å². The molecular weight excluding hydrogens is 268 g/mol. The van der Waals surface area contributed by atoms with Crippen LogP contribution >= 0.6 is 0 Å². The Morgan fingerprint density at radius 1 is 1.38 bits per heavy atom. The number of likely N-dealkylation sites (tertiary alicyclic amines) is 1. The fraction of sp³-hybridized carbons (Fsp3) is 0.875. The van der Waals surface area contributed by atoms with Gasteiger partial charge in [0.1, 0.15) is 5.54 Å². The highest BCUT2D eigenvalue weighted by Crippen LogP contribution is 2.35. The maximum absolute atomic E-state index is 12.5.